The van der Waals surface area contributed by atoms with E-state index in [0.29, 0.717) is 12.3 Å². The van der Waals surface area contributed by atoms with Crippen LogP contribution in [0.15, 0.2) is 18.2 Å². The summed E-state index contributed by atoms with van der Waals surface area (Å²) in [6, 6.07) is 6.66. The minimum atomic E-state index is 0.473. The molecule has 15 heavy (non-hydrogen) atoms. The zero-order chi connectivity index (χ0) is 10.8. The molecule has 0 radical (unpaired) electrons. The molecule has 1 heteroatoms. The largest absolute Gasteiger partial charge is 0.303 e. The second kappa shape index (κ2) is 4.18. The minimum Gasteiger partial charge on any atom is -0.303 e. The number of carbonyl (C=O) groups is 1. The fourth-order valence-corrected chi connectivity index (χ4v) is 2.43. The lowest BCUT2D eigenvalue weighted by molar-refractivity contribution is -0.108. The average molecular weight is 202 g/mol. The van der Waals surface area contributed by atoms with E-state index in [1.165, 1.54) is 29.5 Å². The highest BCUT2D eigenvalue weighted by Gasteiger charge is 2.31. The van der Waals surface area contributed by atoms with E-state index in [4.69, 9.17) is 0 Å². The van der Waals surface area contributed by atoms with Crippen molar-refractivity contribution in [3.8, 4) is 0 Å². The number of aryl methyl sites for hydroxylation is 2. The number of hydrogen-bond donors (Lipinski definition) is 0. The molecular weight excluding hydrogens is 184 g/mol. The molecule has 1 unspecified atom stereocenters. The van der Waals surface area contributed by atoms with Crippen LogP contribution in [0.2, 0.25) is 0 Å². The van der Waals surface area contributed by atoms with E-state index in [9.17, 15) is 4.79 Å². The van der Waals surface area contributed by atoms with Gasteiger partial charge in [-0.1, -0.05) is 29.3 Å². The first-order valence-corrected chi connectivity index (χ1v) is 5.72. The Morgan fingerprint density at radius 3 is 2.33 bits per heavy atom. The van der Waals surface area contributed by atoms with Crippen molar-refractivity contribution >= 4 is 6.29 Å². The predicted octanol–water partition coefficient (Wildman–Crippen LogP) is 3.39. The lowest BCUT2D eigenvalue weighted by Gasteiger charge is -2.15. The molecule has 0 aromatic heterocycles. The molecule has 1 aromatic carbocycles. The van der Waals surface area contributed by atoms with Crippen LogP contribution in [0, 0.1) is 19.8 Å². The molecule has 1 atom stereocenters. The minimum absolute atomic E-state index is 0.473. The molecule has 0 aliphatic heterocycles. The highest BCUT2D eigenvalue weighted by molar-refractivity contribution is 5.52. The molecule has 0 bridgehead atoms. The molecule has 0 spiro atoms. The summed E-state index contributed by atoms with van der Waals surface area (Å²) in [5.41, 5.74) is 3.98. The number of benzene rings is 1. The molecule has 1 saturated carbocycles. The van der Waals surface area contributed by atoms with Crippen LogP contribution in [0.5, 0.6) is 0 Å². The molecule has 1 nitrogen and oxygen atoms in total. The summed E-state index contributed by atoms with van der Waals surface area (Å²) in [7, 11) is 0. The van der Waals surface area contributed by atoms with Crippen LogP contribution in [0.3, 0.4) is 0 Å². The van der Waals surface area contributed by atoms with Crippen LogP contribution in [0.25, 0.3) is 0 Å². The van der Waals surface area contributed by atoms with Crippen molar-refractivity contribution in [3.63, 3.8) is 0 Å². The van der Waals surface area contributed by atoms with Gasteiger partial charge in [0.25, 0.3) is 0 Å². The molecule has 1 aliphatic rings. The first kappa shape index (κ1) is 10.4. The first-order valence-electron chi connectivity index (χ1n) is 5.72. The molecule has 0 saturated heterocycles. The zero-order valence-corrected chi connectivity index (χ0v) is 9.49. The molecule has 0 heterocycles. The summed E-state index contributed by atoms with van der Waals surface area (Å²) in [5.74, 6) is 1.23. The fraction of sp³-hybridized carbons (Fsp3) is 0.500. The van der Waals surface area contributed by atoms with Crippen LogP contribution in [0.1, 0.15) is 41.9 Å². The van der Waals surface area contributed by atoms with Crippen LogP contribution < -0.4 is 0 Å². The third-order valence-corrected chi connectivity index (χ3v) is 3.21. The van der Waals surface area contributed by atoms with E-state index >= 15 is 0 Å². The van der Waals surface area contributed by atoms with Crippen LogP contribution in [-0.4, -0.2) is 6.29 Å². The topological polar surface area (TPSA) is 17.1 Å². The number of aldehydes is 1. The highest BCUT2D eigenvalue weighted by atomic mass is 16.1. The summed E-state index contributed by atoms with van der Waals surface area (Å²) in [4.78, 5) is 10.7. The summed E-state index contributed by atoms with van der Waals surface area (Å²) in [5, 5.41) is 0. The summed E-state index contributed by atoms with van der Waals surface area (Å²) >= 11 is 0. The van der Waals surface area contributed by atoms with Gasteiger partial charge in [0.1, 0.15) is 6.29 Å². The SMILES string of the molecule is Cc1cc(C)cc(C(CC=O)C2CC2)c1. The maximum Gasteiger partial charge on any atom is 0.120 e. The Labute approximate surface area is 91.5 Å². The van der Waals surface area contributed by atoms with Gasteiger partial charge in [-0.15, -0.1) is 0 Å². The summed E-state index contributed by atoms with van der Waals surface area (Å²) < 4.78 is 0. The average Bonchev–Trinajstić information content (AvgIpc) is 2.95. The van der Waals surface area contributed by atoms with Gasteiger partial charge in [0.15, 0.2) is 0 Å². The molecular formula is C14H18O. The third-order valence-electron chi connectivity index (χ3n) is 3.21. The molecule has 80 valence electrons. The molecule has 1 aliphatic carbocycles. The van der Waals surface area contributed by atoms with Gasteiger partial charge in [-0.05, 0) is 44.1 Å². The normalized spacial score (nSPS) is 17.5. The molecule has 1 aromatic rings. The number of rotatable bonds is 4. The Bertz CT molecular complexity index is 343. The second-order valence-electron chi connectivity index (χ2n) is 4.77. The van der Waals surface area contributed by atoms with E-state index in [-0.39, 0.29) is 0 Å². The van der Waals surface area contributed by atoms with Gasteiger partial charge >= 0.3 is 0 Å². The van der Waals surface area contributed by atoms with Crippen LogP contribution >= 0.6 is 0 Å². The van der Waals surface area contributed by atoms with Crippen molar-refractivity contribution in [2.45, 2.75) is 39.0 Å². The van der Waals surface area contributed by atoms with E-state index in [1.54, 1.807) is 0 Å². The van der Waals surface area contributed by atoms with Crippen molar-refractivity contribution in [2.75, 3.05) is 0 Å². The predicted molar refractivity (Wildman–Crippen MR) is 62.1 cm³/mol. The Hall–Kier alpha value is -1.11. The van der Waals surface area contributed by atoms with Crippen molar-refractivity contribution in [1.82, 2.24) is 0 Å². The Balaban J connectivity index is 2.27. The fourth-order valence-electron chi connectivity index (χ4n) is 2.43. The maximum absolute atomic E-state index is 10.7. The van der Waals surface area contributed by atoms with Crippen molar-refractivity contribution in [3.05, 3.63) is 34.9 Å². The lowest BCUT2D eigenvalue weighted by Crippen LogP contribution is -2.03. The van der Waals surface area contributed by atoms with Gasteiger partial charge in [0.2, 0.25) is 0 Å². The van der Waals surface area contributed by atoms with E-state index in [1.807, 2.05) is 0 Å². The van der Waals surface area contributed by atoms with Crippen LogP contribution in [0.4, 0.5) is 0 Å². The number of hydrogen-bond acceptors (Lipinski definition) is 1. The van der Waals surface area contributed by atoms with Gasteiger partial charge in [-0.25, -0.2) is 0 Å². The standard InChI is InChI=1S/C14H18O/c1-10-7-11(2)9-13(8-10)14(5-6-15)12-3-4-12/h6-9,12,14H,3-5H2,1-2H3. The summed E-state index contributed by atoms with van der Waals surface area (Å²) in [6.45, 7) is 4.25. The molecule has 0 N–H and O–H groups in total. The Kier molecular flexibility index (Phi) is 2.90. The Morgan fingerprint density at radius 2 is 1.87 bits per heavy atom. The van der Waals surface area contributed by atoms with E-state index < -0.39 is 0 Å². The first-order chi connectivity index (χ1) is 7.20. The van der Waals surface area contributed by atoms with Crippen molar-refractivity contribution < 1.29 is 4.79 Å². The number of carbonyl (C=O) groups excluding carboxylic acids is 1. The lowest BCUT2D eigenvalue weighted by atomic mass is 9.89. The van der Waals surface area contributed by atoms with Crippen LogP contribution in [-0.2, 0) is 4.79 Å². The van der Waals surface area contributed by atoms with Gasteiger partial charge in [-0.2, -0.15) is 0 Å². The van der Waals surface area contributed by atoms with Gasteiger partial charge in [0, 0.05) is 6.42 Å². The zero-order valence-electron chi connectivity index (χ0n) is 9.49. The van der Waals surface area contributed by atoms with Gasteiger partial charge < -0.3 is 4.79 Å². The van der Waals surface area contributed by atoms with E-state index in [0.717, 1.165) is 12.2 Å². The van der Waals surface area contributed by atoms with Gasteiger partial charge in [-0.3, -0.25) is 0 Å². The van der Waals surface area contributed by atoms with Crippen molar-refractivity contribution in [2.24, 2.45) is 5.92 Å². The maximum atomic E-state index is 10.7. The quantitative estimate of drug-likeness (QED) is 0.684. The Morgan fingerprint density at radius 1 is 1.27 bits per heavy atom. The molecule has 1 fully saturated rings. The smallest absolute Gasteiger partial charge is 0.120 e. The summed E-state index contributed by atoms with van der Waals surface area (Å²) in [6.07, 6.45) is 4.35. The van der Waals surface area contributed by atoms with E-state index in [2.05, 4.69) is 32.0 Å². The second-order valence-corrected chi connectivity index (χ2v) is 4.77. The van der Waals surface area contributed by atoms with Gasteiger partial charge in [0.05, 0.1) is 0 Å². The highest BCUT2D eigenvalue weighted by Crippen LogP contribution is 2.44. The van der Waals surface area contributed by atoms with Crippen molar-refractivity contribution in [1.29, 1.82) is 0 Å². The third kappa shape index (κ3) is 2.47. The monoisotopic (exact) mass is 202 g/mol. The molecule has 0 amide bonds. The molecule has 2 rings (SSSR count).